The number of nitrogen functional groups attached to an aromatic ring is 1. The zero-order valence-electron chi connectivity index (χ0n) is 14.5. The molecule has 0 amide bonds. The fourth-order valence-corrected chi connectivity index (χ4v) is 4.17. The topological polar surface area (TPSA) is 68.8 Å². The van der Waals surface area contributed by atoms with E-state index in [0.717, 1.165) is 10.9 Å². The molecule has 1 aliphatic heterocycles. The second-order valence-electron chi connectivity index (χ2n) is 6.81. The van der Waals surface area contributed by atoms with E-state index >= 15 is 0 Å². The first-order valence-electron chi connectivity index (χ1n) is 8.91. The average Bonchev–Trinajstić information content (AvgIpc) is 3.07. The van der Waals surface area contributed by atoms with Gasteiger partial charge in [0.2, 0.25) is 11.9 Å². The van der Waals surface area contributed by atoms with Gasteiger partial charge in [0.1, 0.15) is 0 Å². The van der Waals surface area contributed by atoms with Gasteiger partial charge in [-0.25, -0.2) is 4.68 Å². The fraction of sp³-hybridized carbons (Fsp3) is 0.143. The molecule has 4 aromatic rings. The van der Waals surface area contributed by atoms with Gasteiger partial charge >= 0.3 is 0 Å². The predicted molar refractivity (Wildman–Crippen MR) is 112 cm³/mol. The summed E-state index contributed by atoms with van der Waals surface area (Å²) in [5.41, 5.74) is 8.38. The van der Waals surface area contributed by atoms with Crippen molar-refractivity contribution in [1.82, 2.24) is 14.8 Å². The quantitative estimate of drug-likeness (QED) is 0.483. The SMILES string of the molecule is Nc1nc2n(n1)[C@@H](c1cccc3ccccc13)C[C@H](c1ccc(Br)cc1)N2. The van der Waals surface area contributed by atoms with Crippen LogP contribution in [-0.2, 0) is 0 Å². The molecular weight excluding hydrogens is 402 g/mol. The molecule has 3 aromatic carbocycles. The van der Waals surface area contributed by atoms with Crippen molar-refractivity contribution in [1.29, 1.82) is 0 Å². The van der Waals surface area contributed by atoms with Gasteiger partial charge < -0.3 is 11.1 Å². The molecule has 0 unspecified atom stereocenters. The minimum atomic E-state index is 0.0609. The lowest BCUT2D eigenvalue weighted by Gasteiger charge is -2.32. The van der Waals surface area contributed by atoms with E-state index in [0.29, 0.717) is 11.9 Å². The lowest BCUT2D eigenvalue weighted by molar-refractivity contribution is 0.434. The van der Waals surface area contributed by atoms with Crippen molar-refractivity contribution in [3.63, 3.8) is 0 Å². The molecule has 5 nitrogen and oxygen atoms in total. The maximum absolute atomic E-state index is 5.93. The highest BCUT2D eigenvalue weighted by Crippen LogP contribution is 2.40. The molecule has 1 aliphatic rings. The molecule has 27 heavy (non-hydrogen) atoms. The number of nitrogens with one attached hydrogen (secondary N) is 1. The van der Waals surface area contributed by atoms with Crippen molar-refractivity contribution >= 4 is 38.6 Å². The van der Waals surface area contributed by atoms with Gasteiger partial charge in [0.05, 0.1) is 12.1 Å². The van der Waals surface area contributed by atoms with Crippen molar-refractivity contribution in [2.45, 2.75) is 18.5 Å². The second-order valence-corrected chi connectivity index (χ2v) is 7.72. The van der Waals surface area contributed by atoms with E-state index < -0.39 is 0 Å². The standard InChI is InChI=1S/C21H18BrN5/c22-15-10-8-14(9-11-15)18-12-19(27-21(24-18)25-20(23)26-27)17-7-3-5-13-4-1-2-6-16(13)17/h1-11,18-19H,12H2,(H3,23,24,25,26)/t18-,19-/m1/s1. The van der Waals surface area contributed by atoms with Crippen LogP contribution in [0.4, 0.5) is 11.9 Å². The third kappa shape index (κ3) is 2.86. The largest absolute Gasteiger partial charge is 0.366 e. The number of aromatic nitrogens is 3. The Morgan fingerprint density at radius 1 is 1.00 bits per heavy atom. The summed E-state index contributed by atoms with van der Waals surface area (Å²) in [4.78, 5) is 4.41. The summed E-state index contributed by atoms with van der Waals surface area (Å²) < 4.78 is 2.99. The first-order chi connectivity index (χ1) is 13.2. The highest BCUT2D eigenvalue weighted by molar-refractivity contribution is 9.10. The monoisotopic (exact) mass is 419 g/mol. The Labute approximate surface area is 165 Å². The molecular formula is C21H18BrN5. The summed E-state index contributed by atoms with van der Waals surface area (Å²) in [6.07, 6.45) is 0.867. The lowest BCUT2D eigenvalue weighted by atomic mass is 9.90. The van der Waals surface area contributed by atoms with Gasteiger partial charge in [-0.15, -0.1) is 5.10 Å². The Morgan fingerprint density at radius 2 is 1.78 bits per heavy atom. The summed E-state index contributed by atoms with van der Waals surface area (Å²) in [6.45, 7) is 0. The van der Waals surface area contributed by atoms with Crippen LogP contribution in [0.25, 0.3) is 10.8 Å². The zero-order chi connectivity index (χ0) is 18.4. The predicted octanol–water partition coefficient (Wildman–Crippen LogP) is 4.92. The molecule has 6 heteroatoms. The van der Waals surface area contributed by atoms with Crippen LogP contribution >= 0.6 is 15.9 Å². The van der Waals surface area contributed by atoms with Crippen molar-refractivity contribution in [2.75, 3.05) is 11.1 Å². The van der Waals surface area contributed by atoms with Crippen LogP contribution in [0, 0.1) is 0 Å². The third-order valence-electron chi connectivity index (χ3n) is 5.16. The Hall–Kier alpha value is -2.86. The minimum Gasteiger partial charge on any atom is -0.366 e. The Morgan fingerprint density at radius 3 is 2.63 bits per heavy atom. The summed E-state index contributed by atoms with van der Waals surface area (Å²) in [5, 5.41) is 10.4. The average molecular weight is 420 g/mol. The van der Waals surface area contributed by atoms with Crippen LogP contribution < -0.4 is 11.1 Å². The number of halogens is 1. The second kappa shape index (κ2) is 6.39. The molecule has 0 radical (unpaired) electrons. The van der Waals surface area contributed by atoms with E-state index in [1.165, 1.54) is 21.9 Å². The number of benzene rings is 3. The van der Waals surface area contributed by atoms with Gasteiger partial charge in [0.15, 0.2) is 0 Å². The highest BCUT2D eigenvalue weighted by Gasteiger charge is 2.31. The highest BCUT2D eigenvalue weighted by atomic mass is 79.9. The third-order valence-corrected chi connectivity index (χ3v) is 5.69. The number of fused-ring (bicyclic) bond motifs is 2. The number of nitrogens with two attached hydrogens (primary N) is 1. The van der Waals surface area contributed by atoms with Crippen LogP contribution in [0.2, 0.25) is 0 Å². The summed E-state index contributed by atoms with van der Waals surface area (Å²) in [5.74, 6) is 1.00. The lowest BCUT2D eigenvalue weighted by Crippen LogP contribution is -2.28. The molecule has 134 valence electrons. The molecule has 0 saturated heterocycles. The van der Waals surface area contributed by atoms with E-state index in [4.69, 9.17) is 5.73 Å². The number of hydrogen-bond acceptors (Lipinski definition) is 4. The molecule has 0 spiro atoms. The van der Waals surface area contributed by atoms with Crippen LogP contribution in [0.15, 0.2) is 71.2 Å². The van der Waals surface area contributed by atoms with Gasteiger partial charge in [0, 0.05) is 4.47 Å². The molecule has 0 fully saturated rings. The maximum Gasteiger partial charge on any atom is 0.241 e. The Bertz CT molecular complexity index is 1110. The van der Waals surface area contributed by atoms with Crippen molar-refractivity contribution in [3.05, 3.63) is 82.3 Å². The number of nitrogens with zero attached hydrogens (tertiary/aromatic N) is 3. The Kier molecular flexibility index (Phi) is 3.86. The normalized spacial score (nSPS) is 18.9. The first kappa shape index (κ1) is 16.3. The summed E-state index contributed by atoms with van der Waals surface area (Å²) >= 11 is 3.51. The zero-order valence-corrected chi connectivity index (χ0v) is 16.1. The molecule has 2 heterocycles. The van der Waals surface area contributed by atoms with E-state index in [-0.39, 0.29) is 12.1 Å². The van der Waals surface area contributed by atoms with Gasteiger partial charge in [-0.05, 0) is 40.5 Å². The van der Waals surface area contributed by atoms with Gasteiger partial charge in [0.25, 0.3) is 0 Å². The fourth-order valence-electron chi connectivity index (χ4n) is 3.91. The van der Waals surface area contributed by atoms with Crippen molar-refractivity contribution in [2.24, 2.45) is 0 Å². The van der Waals surface area contributed by atoms with Crippen molar-refractivity contribution < 1.29 is 0 Å². The van der Waals surface area contributed by atoms with Crippen LogP contribution in [0.1, 0.15) is 29.6 Å². The number of hydrogen-bond donors (Lipinski definition) is 2. The Balaban J connectivity index is 1.64. The molecule has 0 saturated carbocycles. The van der Waals surface area contributed by atoms with Gasteiger partial charge in [-0.3, -0.25) is 0 Å². The summed E-state index contributed by atoms with van der Waals surface area (Å²) in [7, 11) is 0. The van der Waals surface area contributed by atoms with E-state index in [1.54, 1.807) is 0 Å². The van der Waals surface area contributed by atoms with E-state index in [9.17, 15) is 0 Å². The van der Waals surface area contributed by atoms with E-state index in [1.807, 2.05) is 4.68 Å². The molecule has 2 atom stereocenters. The smallest absolute Gasteiger partial charge is 0.241 e. The molecule has 0 bridgehead atoms. The molecule has 3 N–H and O–H groups in total. The van der Waals surface area contributed by atoms with Crippen LogP contribution in [0.3, 0.4) is 0 Å². The molecule has 0 aliphatic carbocycles. The summed E-state index contributed by atoms with van der Waals surface area (Å²) in [6, 6.07) is 23.5. The van der Waals surface area contributed by atoms with Gasteiger partial charge in [-0.1, -0.05) is 70.5 Å². The van der Waals surface area contributed by atoms with Gasteiger partial charge in [-0.2, -0.15) is 4.98 Å². The minimum absolute atomic E-state index is 0.0609. The van der Waals surface area contributed by atoms with E-state index in [2.05, 4.69) is 98.1 Å². The molecule has 5 rings (SSSR count). The van der Waals surface area contributed by atoms with Crippen LogP contribution in [-0.4, -0.2) is 14.8 Å². The molecule has 1 aromatic heterocycles. The number of rotatable bonds is 2. The maximum atomic E-state index is 5.93. The van der Waals surface area contributed by atoms with Crippen molar-refractivity contribution in [3.8, 4) is 0 Å². The number of anilines is 2. The first-order valence-corrected chi connectivity index (χ1v) is 9.70. The van der Waals surface area contributed by atoms with Crippen LogP contribution in [0.5, 0.6) is 0 Å².